The van der Waals surface area contributed by atoms with Gasteiger partial charge in [-0.15, -0.1) is 0 Å². The molecule has 0 aliphatic rings. The Labute approximate surface area is 160 Å². The number of carbonyl (C=O) groups excluding carboxylic acids is 1. The van der Waals surface area contributed by atoms with E-state index >= 15 is 0 Å². The maximum Gasteiger partial charge on any atom is 0.358 e. The first-order chi connectivity index (χ1) is 12.5. The summed E-state index contributed by atoms with van der Waals surface area (Å²) in [4.78, 5) is 12.1. The van der Waals surface area contributed by atoms with E-state index in [9.17, 15) is 4.79 Å². The molecule has 0 saturated heterocycles. The largest absolute Gasteiger partial charge is 0.461 e. The summed E-state index contributed by atoms with van der Waals surface area (Å²) in [6.45, 7) is 1.96. The first-order valence-corrected chi connectivity index (χ1v) is 8.49. The van der Waals surface area contributed by atoms with Gasteiger partial charge in [-0.05, 0) is 49.4 Å². The minimum absolute atomic E-state index is 0.100. The SMILES string of the molecule is CCOC(=O)c1cc(Oc2ccc(N)cc2)n(-c2ccc(Cl)cc2Cl)n1. The van der Waals surface area contributed by atoms with E-state index in [1.54, 1.807) is 49.4 Å². The van der Waals surface area contributed by atoms with Crippen molar-refractivity contribution >= 4 is 34.9 Å². The topological polar surface area (TPSA) is 79.4 Å². The van der Waals surface area contributed by atoms with Crippen molar-refractivity contribution in [3.8, 4) is 17.3 Å². The Morgan fingerprint density at radius 1 is 1.15 bits per heavy atom. The highest BCUT2D eigenvalue weighted by atomic mass is 35.5. The molecule has 0 amide bonds. The lowest BCUT2D eigenvalue weighted by molar-refractivity contribution is 0.0519. The zero-order valence-corrected chi connectivity index (χ0v) is 15.3. The number of halogens is 2. The minimum Gasteiger partial charge on any atom is -0.461 e. The number of esters is 1. The van der Waals surface area contributed by atoms with Crippen LogP contribution >= 0.6 is 23.2 Å². The molecule has 8 heteroatoms. The van der Waals surface area contributed by atoms with Crippen LogP contribution in [-0.2, 0) is 4.74 Å². The summed E-state index contributed by atoms with van der Waals surface area (Å²) >= 11 is 12.2. The predicted octanol–water partition coefficient (Wildman–Crippen LogP) is 4.73. The molecular weight excluding hydrogens is 377 g/mol. The molecule has 2 aromatic carbocycles. The fourth-order valence-electron chi connectivity index (χ4n) is 2.22. The summed E-state index contributed by atoms with van der Waals surface area (Å²) in [6, 6.07) is 13.2. The van der Waals surface area contributed by atoms with Gasteiger partial charge >= 0.3 is 5.97 Å². The number of nitrogens with zero attached hydrogens (tertiary/aromatic N) is 2. The highest BCUT2D eigenvalue weighted by Crippen LogP contribution is 2.31. The number of benzene rings is 2. The van der Waals surface area contributed by atoms with Crippen LogP contribution < -0.4 is 10.5 Å². The summed E-state index contributed by atoms with van der Waals surface area (Å²) in [5.41, 5.74) is 6.91. The number of carbonyl (C=O) groups is 1. The monoisotopic (exact) mass is 391 g/mol. The van der Waals surface area contributed by atoms with E-state index in [0.717, 1.165) is 0 Å². The van der Waals surface area contributed by atoms with Crippen molar-refractivity contribution in [2.24, 2.45) is 0 Å². The highest BCUT2D eigenvalue weighted by molar-refractivity contribution is 6.35. The Kier molecular flexibility index (Phi) is 5.35. The molecule has 0 saturated carbocycles. The van der Waals surface area contributed by atoms with E-state index in [1.165, 1.54) is 10.7 Å². The summed E-state index contributed by atoms with van der Waals surface area (Å²) in [6.07, 6.45) is 0. The second-order valence-corrected chi connectivity index (χ2v) is 6.11. The number of aromatic nitrogens is 2. The third kappa shape index (κ3) is 3.92. The van der Waals surface area contributed by atoms with Crippen molar-refractivity contribution in [1.82, 2.24) is 9.78 Å². The summed E-state index contributed by atoms with van der Waals surface area (Å²) in [5, 5.41) is 5.11. The Morgan fingerprint density at radius 3 is 2.54 bits per heavy atom. The van der Waals surface area contributed by atoms with Gasteiger partial charge in [0.05, 0.1) is 17.3 Å². The van der Waals surface area contributed by atoms with Gasteiger partial charge in [-0.1, -0.05) is 23.2 Å². The molecule has 1 aromatic heterocycles. The molecule has 3 rings (SSSR count). The molecule has 2 N–H and O–H groups in total. The molecule has 0 aliphatic carbocycles. The zero-order valence-electron chi connectivity index (χ0n) is 13.8. The number of nitrogens with two attached hydrogens (primary N) is 1. The maximum absolute atomic E-state index is 12.1. The van der Waals surface area contributed by atoms with Crippen LogP contribution in [0, 0.1) is 0 Å². The summed E-state index contributed by atoms with van der Waals surface area (Å²) < 4.78 is 12.3. The van der Waals surface area contributed by atoms with E-state index in [0.29, 0.717) is 33.0 Å². The van der Waals surface area contributed by atoms with Gasteiger partial charge in [-0.2, -0.15) is 9.78 Å². The molecule has 0 unspecified atom stereocenters. The van der Waals surface area contributed by atoms with Crippen molar-refractivity contribution in [3.63, 3.8) is 0 Å². The lowest BCUT2D eigenvalue weighted by atomic mass is 10.3. The minimum atomic E-state index is -0.557. The molecule has 3 aromatic rings. The second-order valence-electron chi connectivity index (χ2n) is 5.27. The van der Waals surface area contributed by atoms with Crippen LogP contribution in [-0.4, -0.2) is 22.4 Å². The molecule has 0 aliphatic heterocycles. The lowest BCUT2D eigenvalue weighted by Gasteiger charge is -2.10. The molecule has 6 nitrogen and oxygen atoms in total. The van der Waals surface area contributed by atoms with Crippen LogP contribution in [0.2, 0.25) is 10.0 Å². The van der Waals surface area contributed by atoms with Gasteiger partial charge in [0.1, 0.15) is 5.75 Å². The first kappa shape index (κ1) is 18.1. The summed E-state index contributed by atoms with van der Waals surface area (Å²) in [7, 11) is 0. The molecule has 26 heavy (non-hydrogen) atoms. The number of anilines is 1. The van der Waals surface area contributed by atoms with Crippen LogP contribution in [0.3, 0.4) is 0 Å². The first-order valence-electron chi connectivity index (χ1n) is 7.74. The van der Waals surface area contributed by atoms with Crippen molar-refractivity contribution in [2.45, 2.75) is 6.92 Å². The average Bonchev–Trinajstić information content (AvgIpc) is 3.01. The van der Waals surface area contributed by atoms with E-state index in [4.69, 9.17) is 38.4 Å². The van der Waals surface area contributed by atoms with Gasteiger partial charge in [0, 0.05) is 16.8 Å². The van der Waals surface area contributed by atoms with Crippen molar-refractivity contribution in [1.29, 1.82) is 0 Å². The zero-order chi connectivity index (χ0) is 18.7. The van der Waals surface area contributed by atoms with Gasteiger partial charge in [-0.25, -0.2) is 4.79 Å². The second kappa shape index (κ2) is 7.68. The molecular formula is C18H15Cl2N3O3. The van der Waals surface area contributed by atoms with Crippen LogP contribution in [0.4, 0.5) is 5.69 Å². The number of hydrogen-bond acceptors (Lipinski definition) is 5. The molecule has 0 bridgehead atoms. The van der Waals surface area contributed by atoms with Crippen LogP contribution in [0.1, 0.15) is 17.4 Å². The molecule has 1 heterocycles. The number of hydrogen-bond donors (Lipinski definition) is 1. The fraction of sp³-hybridized carbons (Fsp3) is 0.111. The molecule has 0 radical (unpaired) electrons. The number of nitrogen functional groups attached to an aromatic ring is 1. The fourth-order valence-corrected chi connectivity index (χ4v) is 2.71. The Balaban J connectivity index is 2.05. The third-order valence-corrected chi connectivity index (χ3v) is 3.94. The van der Waals surface area contributed by atoms with Gasteiger partial charge in [0.2, 0.25) is 5.88 Å². The van der Waals surface area contributed by atoms with E-state index in [1.807, 2.05) is 0 Å². The van der Waals surface area contributed by atoms with Crippen molar-refractivity contribution in [3.05, 3.63) is 64.3 Å². The van der Waals surface area contributed by atoms with Crippen LogP contribution in [0.25, 0.3) is 5.69 Å². The molecule has 0 spiro atoms. The molecule has 134 valence electrons. The number of ether oxygens (including phenoxy) is 2. The standard InChI is InChI=1S/C18H15Cl2N3O3/c1-2-25-18(24)15-10-17(26-13-6-4-12(21)5-7-13)23(22-15)16-8-3-11(19)9-14(16)20/h3-10H,2,21H2,1H3. The highest BCUT2D eigenvalue weighted by Gasteiger charge is 2.19. The maximum atomic E-state index is 12.1. The molecule has 0 atom stereocenters. The Hall–Kier alpha value is -2.70. The Morgan fingerprint density at radius 2 is 1.88 bits per heavy atom. The number of rotatable bonds is 5. The molecule has 0 fully saturated rings. The van der Waals surface area contributed by atoms with Crippen LogP contribution in [0.15, 0.2) is 48.5 Å². The van der Waals surface area contributed by atoms with E-state index in [-0.39, 0.29) is 12.3 Å². The van der Waals surface area contributed by atoms with E-state index in [2.05, 4.69) is 5.10 Å². The van der Waals surface area contributed by atoms with Gasteiger partial charge in [-0.3, -0.25) is 0 Å². The summed E-state index contributed by atoms with van der Waals surface area (Å²) in [5.74, 6) is 0.265. The Bertz CT molecular complexity index is 939. The van der Waals surface area contributed by atoms with Gasteiger partial charge in [0.25, 0.3) is 0 Å². The van der Waals surface area contributed by atoms with Gasteiger partial charge in [0.15, 0.2) is 5.69 Å². The van der Waals surface area contributed by atoms with Crippen molar-refractivity contribution in [2.75, 3.05) is 12.3 Å². The average molecular weight is 392 g/mol. The van der Waals surface area contributed by atoms with Gasteiger partial charge < -0.3 is 15.2 Å². The lowest BCUT2D eigenvalue weighted by Crippen LogP contribution is -2.07. The third-order valence-electron chi connectivity index (χ3n) is 3.40. The van der Waals surface area contributed by atoms with Crippen LogP contribution in [0.5, 0.6) is 11.6 Å². The van der Waals surface area contributed by atoms with E-state index < -0.39 is 5.97 Å². The normalized spacial score (nSPS) is 10.6. The quantitative estimate of drug-likeness (QED) is 0.502. The van der Waals surface area contributed by atoms with Crippen molar-refractivity contribution < 1.29 is 14.3 Å². The smallest absolute Gasteiger partial charge is 0.358 e. The predicted molar refractivity (Wildman–Crippen MR) is 100 cm³/mol.